The first kappa shape index (κ1) is 13.2. The lowest BCUT2D eigenvalue weighted by molar-refractivity contribution is -0.160. The second-order valence-corrected chi connectivity index (χ2v) is 4.10. The molecule has 0 aromatic heterocycles. The van der Waals surface area contributed by atoms with Gasteiger partial charge in [-0.05, 0) is 24.3 Å². The highest BCUT2D eigenvalue weighted by atomic mass is 16.6. The average molecular weight is 265 g/mol. The number of ether oxygens (including phenoxy) is 3. The van der Waals surface area contributed by atoms with E-state index in [0.29, 0.717) is 24.5 Å². The van der Waals surface area contributed by atoms with Crippen LogP contribution < -0.4 is 10.5 Å². The van der Waals surface area contributed by atoms with Gasteiger partial charge in [-0.1, -0.05) is 0 Å². The molecule has 1 aliphatic heterocycles. The summed E-state index contributed by atoms with van der Waals surface area (Å²) < 4.78 is 15.0. The molecule has 1 atom stereocenters. The number of cyclic esters (lactones) is 1. The van der Waals surface area contributed by atoms with Crippen molar-refractivity contribution in [2.75, 3.05) is 18.9 Å². The molecule has 1 saturated heterocycles. The molecule has 19 heavy (non-hydrogen) atoms. The first-order chi connectivity index (χ1) is 9.15. The van der Waals surface area contributed by atoms with E-state index in [4.69, 9.17) is 19.9 Å². The van der Waals surface area contributed by atoms with Crippen LogP contribution in [0.5, 0.6) is 5.75 Å². The highest BCUT2D eigenvalue weighted by Crippen LogP contribution is 2.14. The summed E-state index contributed by atoms with van der Waals surface area (Å²) in [5.41, 5.74) is 6.18. The molecule has 1 fully saturated rings. The first-order valence-corrected chi connectivity index (χ1v) is 5.99. The lowest BCUT2D eigenvalue weighted by Gasteiger charge is -2.09. The van der Waals surface area contributed by atoms with Crippen LogP contribution in [0.1, 0.15) is 12.8 Å². The molecule has 0 amide bonds. The lowest BCUT2D eigenvalue weighted by Crippen LogP contribution is -2.23. The number of anilines is 1. The Bertz CT molecular complexity index is 457. The number of hydrogen-bond acceptors (Lipinski definition) is 6. The zero-order valence-electron chi connectivity index (χ0n) is 10.3. The summed E-state index contributed by atoms with van der Waals surface area (Å²) in [5, 5.41) is 0. The van der Waals surface area contributed by atoms with Crippen molar-refractivity contribution in [2.45, 2.75) is 18.9 Å². The number of nitrogen functional groups attached to an aromatic ring is 1. The molecule has 6 nitrogen and oxygen atoms in total. The monoisotopic (exact) mass is 265 g/mol. The fraction of sp³-hybridized carbons (Fsp3) is 0.385. The number of esters is 2. The van der Waals surface area contributed by atoms with Crippen LogP contribution in [-0.2, 0) is 19.1 Å². The maximum Gasteiger partial charge on any atom is 0.347 e. The van der Waals surface area contributed by atoms with Crippen molar-refractivity contribution in [3.63, 3.8) is 0 Å². The number of benzene rings is 1. The topological polar surface area (TPSA) is 87.8 Å². The van der Waals surface area contributed by atoms with E-state index < -0.39 is 18.0 Å². The Morgan fingerprint density at radius 3 is 2.74 bits per heavy atom. The van der Waals surface area contributed by atoms with Gasteiger partial charge in [-0.2, -0.15) is 0 Å². The molecule has 0 saturated carbocycles. The van der Waals surface area contributed by atoms with Gasteiger partial charge in [-0.15, -0.1) is 0 Å². The second-order valence-electron chi connectivity index (χ2n) is 4.10. The fourth-order valence-corrected chi connectivity index (χ4v) is 1.62. The van der Waals surface area contributed by atoms with E-state index in [-0.39, 0.29) is 13.0 Å². The highest BCUT2D eigenvalue weighted by Gasteiger charge is 2.29. The van der Waals surface area contributed by atoms with Gasteiger partial charge in [0, 0.05) is 12.1 Å². The third-order valence-electron chi connectivity index (χ3n) is 2.62. The van der Waals surface area contributed by atoms with E-state index in [0.717, 1.165) is 0 Å². The van der Waals surface area contributed by atoms with E-state index in [9.17, 15) is 9.59 Å². The Hall–Kier alpha value is -2.24. The van der Waals surface area contributed by atoms with E-state index in [1.165, 1.54) is 0 Å². The molecular formula is C13H15NO5. The standard InChI is InChI=1S/C13H15NO5/c14-9-1-3-10(4-2-9)17-8-6-12(15)19-11-5-7-18-13(11)16/h1-4,11H,5-8,14H2. The van der Waals surface area contributed by atoms with E-state index >= 15 is 0 Å². The van der Waals surface area contributed by atoms with E-state index in [1.807, 2.05) is 0 Å². The molecule has 1 aromatic rings. The summed E-state index contributed by atoms with van der Waals surface area (Å²) >= 11 is 0. The van der Waals surface area contributed by atoms with E-state index in [2.05, 4.69) is 0 Å². The highest BCUT2D eigenvalue weighted by molar-refractivity contribution is 5.80. The number of hydrogen-bond donors (Lipinski definition) is 1. The zero-order valence-corrected chi connectivity index (χ0v) is 10.3. The van der Waals surface area contributed by atoms with Gasteiger partial charge in [0.05, 0.1) is 19.6 Å². The molecule has 1 heterocycles. The second kappa shape index (κ2) is 6.08. The van der Waals surface area contributed by atoms with Crippen LogP contribution in [0.15, 0.2) is 24.3 Å². The van der Waals surface area contributed by atoms with Crippen LogP contribution in [0, 0.1) is 0 Å². The average Bonchev–Trinajstić information content (AvgIpc) is 2.78. The van der Waals surface area contributed by atoms with Gasteiger partial charge in [0.2, 0.25) is 6.10 Å². The summed E-state index contributed by atoms with van der Waals surface area (Å²) in [5.74, 6) is -0.325. The summed E-state index contributed by atoms with van der Waals surface area (Å²) in [6, 6.07) is 6.86. The van der Waals surface area contributed by atoms with Crippen molar-refractivity contribution in [3.05, 3.63) is 24.3 Å². The van der Waals surface area contributed by atoms with Gasteiger partial charge in [0.15, 0.2) is 0 Å². The summed E-state index contributed by atoms with van der Waals surface area (Å²) in [7, 11) is 0. The Labute approximate surface area is 110 Å². The predicted octanol–water partition coefficient (Wildman–Crippen LogP) is 0.896. The molecule has 6 heteroatoms. The van der Waals surface area contributed by atoms with Gasteiger partial charge in [0.25, 0.3) is 0 Å². The third-order valence-corrected chi connectivity index (χ3v) is 2.62. The molecule has 0 aliphatic carbocycles. The molecule has 2 rings (SSSR count). The molecule has 0 radical (unpaired) electrons. The molecule has 0 bridgehead atoms. The first-order valence-electron chi connectivity index (χ1n) is 5.99. The molecule has 102 valence electrons. The molecule has 0 spiro atoms. The number of rotatable bonds is 5. The van der Waals surface area contributed by atoms with Crippen molar-refractivity contribution in [1.29, 1.82) is 0 Å². The van der Waals surface area contributed by atoms with Crippen LogP contribution in [-0.4, -0.2) is 31.3 Å². The summed E-state index contributed by atoms with van der Waals surface area (Å²) in [4.78, 5) is 22.6. The van der Waals surface area contributed by atoms with Crippen LogP contribution in [0.2, 0.25) is 0 Å². The van der Waals surface area contributed by atoms with Gasteiger partial charge in [-0.25, -0.2) is 4.79 Å². The van der Waals surface area contributed by atoms with Crippen LogP contribution >= 0.6 is 0 Å². The van der Waals surface area contributed by atoms with Gasteiger partial charge in [0.1, 0.15) is 5.75 Å². The maximum absolute atomic E-state index is 11.5. The zero-order chi connectivity index (χ0) is 13.7. The molecule has 2 N–H and O–H groups in total. The number of carbonyl (C=O) groups is 2. The maximum atomic E-state index is 11.5. The molecule has 1 unspecified atom stereocenters. The number of carbonyl (C=O) groups excluding carboxylic acids is 2. The smallest absolute Gasteiger partial charge is 0.347 e. The normalized spacial score (nSPS) is 17.9. The molecule has 1 aromatic carbocycles. The van der Waals surface area contributed by atoms with E-state index in [1.54, 1.807) is 24.3 Å². The van der Waals surface area contributed by atoms with Crippen LogP contribution in [0.25, 0.3) is 0 Å². The van der Waals surface area contributed by atoms with Crippen LogP contribution in [0.3, 0.4) is 0 Å². The minimum Gasteiger partial charge on any atom is -0.493 e. The third kappa shape index (κ3) is 3.87. The summed E-state index contributed by atoms with van der Waals surface area (Å²) in [6.07, 6.45) is -0.263. The lowest BCUT2D eigenvalue weighted by atomic mass is 10.3. The fourth-order valence-electron chi connectivity index (χ4n) is 1.62. The minimum absolute atomic E-state index is 0.0775. The van der Waals surface area contributed by atoms with Crippen molar-refractivity contribution in [1.82, 2.24) is 0 Å². The Balaban J connectivity index is 1.69. The minimum atomic E-state index is -0.760. The largest absolute Gasteiger partial charge is 0.493 e. The van der Waals surface area contributed by atoms with Gasteiger partial charge in [-0.3, -0.25) is 4.79 Å². The van der Waals surface area contributed by atoms with Crippen molar-refractivity contribution in [3.8, 4) is 5.75 Å². The summed E-state index contributed by atoms with van der Waals surface area (Å²) in [6.45, 7) is 0.489. The predicted molar refractivity (Wildman–Crippen MR) is 66.4 cm³/mol. The van der Waals surface area contributed by atoms with Gasteiger partial charge < -0.3 is 19.9 Å². The van der Waals surface area contributed by atoms with Crippen molar-refractivity contribution < 1.29 is 23.8 Å². The molecule has 1 aliphatic rings. The Morgan fingerprint density at radius 2 is 2.11 bits per heavy atom. The quantitative estimate of drug-likeness (QED) is 0.628. The Kier molecular flexibility index (Phi) is 4.22. The van der Waals surface area contributed by atoms with Crippen molar-refractivity contribution in [2.24, 2.45) is 0 Å². The molecular weight excluding hydrogens is 250 g/mol. The Morgan fingerprint density at radius 1 is 1.37 bits per heavy atom. The van der Waals surface area contributed by atoms with Crippen LogP contribution in [0.4, 0.5) is 5.69 Å². The SMILES string of the molecule is Nc1ccc(OCCC(=O)OC2CCOC2=O)cc1. The van der Waals surface area contributed by atoms with Crippen molar-refractivity contribution >= 4 is 17.6 Å². The number of nitrogens with two attached hydrogens (primary N) is 1. The van der Waals surface area contributed by atoms with Gasteiger partial charge >= 0.3 is 11.9 Å².